The Labute approximate surface area is 98.4 Å². The molecule has 0 aromatic rings. The Balaban J connectivity index is 2.13. The van der Waals surface area contributed by atoms with Crippen molar-refractivity contribution >= 4 is 0 Å². The molecule has 94 valence electrons. The molecule has 1 aliphatic carbocycles. The normalized spacial score (nSPS) is 45.6. The minimum atomic E-state index is -0.667. The van der Waals surface area contributed by atoms with Gasteiger partial charge in [0.2, 0.25) is 0 Å². The van der Waals surface area contributed by atoms with Crippen LogP contribution in [-0.4, -0.2) is 30.5 Å². The smallest absolute Gasteiger partial charge is 0.0948 e. The van der Waals surface area contributed by atoms with Crippen LogP contribution >= 0.6 is 0 Å². The highest BCUT2D eigenvalue weighted by Crippen LogP contribution is 2.48. The Morgan fingerprint density at radius 1 is 1.31 bits per heavy atom. The first-order chi connectivity index (χ1) is 7.62. The molecule has 3 N–H and O–H groups in total. The van der Waals surface area contributed by atoms with E-state index in [1.165, 1.54) is 12.8 Å². The summed E-state index contributed by atoms with van der Waals surface area (Å²) < 4.78 is 5.49. The zero-order valence-electron chi connectivity index (χ0n) is 10.4. The van der Waals surface area contributed by atoms with Crippen LogP contribution in [0.4, 0.5) is 0 Å². The van der Waals surface area contributed by atoms with Gasteiger partial charge in [-0.3, -0.25) is 0 Å². The molecule has 1 atom stereocenters. The van der Waals surface area contributed by atoms with E-state index in [2.05, 4.69) is 6.92 Å². The van der Waals surface area contributed by atoms with Gasteiger partial charge in [-0.2, -0.15) is 0 Å². The second-order valence-corrected chi connectivity index (χ2v) is 5.85. The van der Waals surface area contributed by atoms with Crippen LogP contribution in [0.1, 0.15) is 45.4 Å². The van der Waals surface area contributed by atoms with Gasteiger partial charge in [-0.15, -0.1) is 0 Å². The molecule has 1 saturated carbocycles. The van der Waals surface area contributed by atoms with Crippen LogP contribution in [0, 0.1) is 11.3 Å². The molecule has 16 heavy (non-hydrogen) atoms. The molecule has 1 heterocycles. The van der Waals surface area contributed by atoms with Crippen molar-refractivity contribution in [2.75, 3.05) is 19.8 Å². The van der Waals surface area contributed by atoms with Gasteiger partial charge in [0.25, 0.3) is 0 Å². The van der Waals surface area contributed by atoms with Crippen molar-refractivity contribution < 1.29 is 9.84 Å². The van der Waals surface area contributed by atoms with Gasteiger partial charge in [0, 0.05) is 18.6 Å². The molecule has 3 heteroatoms. The number of nitrogens with two attached hydrogens (primary N) is 1. The number of aliphatic hydroxyl groups is 1. The van der Waals surface area contributed by atoms with Gasteiger partial charge >= 0.3 is 0 Å². The van der Waals surface area contributed by atoms with E-state index in [0.29, 0.717) is 13.2 Å². The Morgan fingerprint density at radius 3 is 2.50 bits per heavy atom. The summed E-state index contributed by atoms with van der Waals surface area (Å²) in [5.41, 5.74) is 5.23. The highest BCUT2D eigenvalue weighted by molar-refractivity contribution is 5.02. The third-order valence-electron chi connectivity index (χ3n) is 4.83. The Hall–Kier alpha value is -0.120. The predicted octanol–water partition coefficient (Wildman–Crippen LogP) is 1.68. The van der Waals surface area contributed by atoms with E-state index in [-0.39, 0.29) is 5.41 Å². The molecule has 2 fully saturated rings. The van der Waals surface area contributed by atoms with Crippen LogP contribution in [0.5, 0.6) is 0 Å². The van der Waals surface area contributed by atoms with Crippen LogP contribution in [0.2, 0.25) is 0 Å². The summed E-state index contributed by atoms with van der Waals surface area (Å²) in [6.07, 6.45) is 6.33. The standard InChI is InChI=1S/C13H25NO2/c1-11-3-6-12(9-14,7-4-11)13(15)5-2-8-16-10-13/h11,15H,2-10,14H2,1H3. The van der Waals surface area contributed by atoms with E-state index in [1.54, 1.807) is 0 Å². The summed E-state index contributed by atoms with van der Waals surface area (Å²) >= 11 is 0. The van der Waals surface area contributed by atoms with E-state index in [4.69, 9.17) is 10.5 Å². The molecule has 1 aliphatic heterocycles. The number of rotatable bonds is 2. The summed E-state index contributed by atoms with van der Waals surface area (Å²) in [6, 6.07) is 0. The molecule has 0 aromatic carbocycles. The van der Waals surface area contributed by atoms with Gasteiger partial charge in [0.15, 0.2) is 0 Å². The van der Waals surface area contributed by atoms with Gasteiger partial charge in [-0.05, 0) is 31.6 Å². The summed E-state index contributed by atoms with van der Waals surface area (Å²) in [6.45, 7) is 4.17. The van der Waals surface area contributed by atoms with Gasteiger partial charge in [0.1, 0.15) is 0 Å². The lowest BCUT2D eigenvalue weighted by atomic mass is 9.60. The minimum Gasteiger partial charge on any atom is -0.387 e. The maximum absolute atomic E-state index is 10.8. The van der Waals surface area contributed by atoms with Crippen molar-refractivity contribution in [3.8, 4) is 0 Å². The average Bonchev–Trinajstić information content (AvgIpc) is 2.31. The summed E-state index contributed by atoms with van der Waals surface area (Å²) in [7, 11) is 0. The number of hydrogen-bond donors (Lipinski definition) is 2. The molecule has 1 unspecified atom stereocenters. The van der Waals surface area contributed by atoms with Crippen LogP contribution in [-0.2, 0) is 4.74 Å². The molecule has 2 rings (SSSR count). The molecule has 1 saturated heterocycles. The average molecular weight is 227 g/mol. The Morgan fingerprint density at radius 2 is 2.00 bits per heavy atom. The van der Waals surface area contributed by atoms with Gasteiger partial charge < -0.3 is 15.6 Å². The fourth-order valence-electron chi connectivity index (χ4n) is 3.37. The van der Waals surface area contributed by atoms with Crippen LogP contribution in [0.25, 0.3) is 0 Å². The van der Waals surface area contributed by atoms with Gasteiger partial charge in [-0.25, -0.2) is 0 Å². The fourth-order valence-corrected chi connectivity index (χ4v) is 3.37. The minimum absolute atomic E-state index is 0.0834. The Kier molecular flexibility index (Phi) is 3.57. The highest BCUT2D eigenvalue weighted by atomic mass is 16.5. The topological polar surface area (TPSA) is 55.5 Å². The van der Waals surface area contributed by atoms with Gasteiger partial charge in [0.05, 0.1) is 12.2 Å². The maximum Gasteiger partial charge on any atom is 0.0948 e. The molecule has 0 bridgehead atoms. The number of hydrogen-bond acceptors (Lipinski definition) is 3. The van der Waals surface area contributed by atoms with Crippen molar-refractivity contribution in [2.24, 2.45) is 17.1 Å². The van der Waals surface area contributed by atoms with E-state index in [9.17, 15) is 5.11 Å². The molecule has 0 spiro atoms. The maximum atomic E-state index is 10.8. The third kappa shape index (κ3) is 2.01. The molecule has 2 aliphatic rings. The van der Waals surface area contributed by atoms with E-state index >= 15 is 0 Å². The SMILES string of the molecule is CC1CCC(CN)(C2(O)CCCOC2)CC1. The highest BCUT2D eigenvalue weighted by Gasteiger charge is 2.51. The third-order valence-corrected chi connectivity index (χ3v) is 4.83. The van der Waals surface area contributed by atoms with Crippen molar-refractivity contribution in [1.82, 2.24) is 0 Å². The van der Waals surface area contributed by atoms with Gasteiger partial charge in [-0.1, -0.05) is 19.8 Å². The molecule has 0 radical (unpaired) electrons. The molecule has 3 nitrogen and oxygen atoms in total. The molecule has 0 aromatic heterocycles. The first-order valence-electron chi connectivity index (χ1n) is 6.62. The zero-order chi connectivity index (χ0) is 11.6. The van der Waals surface area contributed by atoms with Crippen molar-refractivity contribution in [3.63, 3.8) is 0 Å². The lowest BCUT2D eigenvalue weighted by Gasteiger charge is -2.51. The monoisotopic (exact) mass is 227 g/mol. The van der Waals surface area contributed by atoms with Crippen LogP contribution < -0.4 is 5.73 Å². The van der Waals surface area contributed by atoms with Crippen molar-refractivity contribution in [2.45, 2.75) is 51.0 Å². The quantitative estimate of drug-likeness (QED) is 0.754. The second kappa shape index (κ2) is 4.63. The van der Waals surface area contributed by atoms with Crippen LogP contribution in [0.3, 0.4) is 0 Å². The molecule has 0 amide bonds. The Bertz CT molecular complexity index is 228. The summed E-state index contributed by atoms with van der Waals surface area (Å²) in [4.78, 5) is 0. The van der Waals surface area contributed by atoms with Crippen molar-refractivity contribution in [1.29, 1.82) is 0 Å². The largest absolute Gasteiger partial charge is 0.387 e. The van der Waals surface area contributed by atoms with Crippen LogP contribution in [0.15, 0.2) is 0 Å². The molecular formula is C13H25NO2. The van der Waals surface area contributed by atoms with E-state index in [1.807, 2.05) is 0 Å². The summed E-state index contributed by atoms with van der Waals surface area (Å²) in [5, 5.41) is 10.8. The number of ether oxygens (including phenoxy) is 1. The zero-order valence-corrected chi connectivity index (χ0v) is 10.4. The fraction of sp³-hybridized carbons (Fsp3) is 1.00. The predicted molar refractivity (Wildman–Crippen MR) is 64.1 cm³/mol. The van der Waals surface area contributed by atoms with Crippen molar-refractivity contribution in [3.05, 3.63) is 0 Å². The summed E-state index contributed by atoms with van der Waals surface area (Å²) in [5.74, 6) is 0.785. The first-order valence-corrected chi connectivity index (χ1v) is 6.62. The van der Waals surface area contributed by atoms with E-state index < -0.39 is 5.60 Å². The second-order valence-electron chi connectivity index (χ2n) is 5.85. The van der Waals surface area contributed by atoms with E-state index in [0.717, 1.165) is 38.2 Å². The lowest BCUT2D eigenvalue weighted by molar-refractivity contribution is -0.172. The molecular weight excluding hydrogens is 202 g/mol. The lowest BCUT2D eigenvalue weighted by Crippen LogP contribution is -2.58. The first kappa shape index (κ1) is 12.3.